The van der Waals surface area contributed by atoms with Gasteiger partial charge in [-0.25, -0.2) is 4.98 Å². The summed E-state index contributed by atoms with van der Waals surface area (Å²) in [5.41, 5.74) is 2.23. The molecule has 0 saturated heterocycles. The maximum Gasteiger partial charge on any atom is 0.147 e. The van der Waals surface area contributed by atoms with E-state index in [0.29, 0.717) is 0 Å². The molecule has 0 bridgehead atoms. The molecule has 0 saturated carbocycles. The highest BCUT2D eigenvalue weighted by atomic mass is 32.1. The lowest BCUT2D eigenvalue weighted by Gasteiger charge is -1.86. The minimum atomic E-state index is 0.986. The lowest BCUT2D eigenvalue weighted by Crippen LogP contribution is -1.73. The Kier molecular flexibility index (Phi) is 1.73. The van der Waals surface area contributed by atoms with Gasteiger partial charge in [0.25, 0.3) is 0 Å². The predicted molar refractivity (Wildman–Crippen MR) is 51.4 cm³/mol. The number of aromatic nitrogens is 2. The third kappa shape index (κ3) is 1.16. The van der Waals surface area contributed by atoms with Crippen molar-refractivity contribution in [3.8, 4) is 10.7 Å². The summed E-state index contributed by atoms with van der Waals surface area (Å²) < 4.78 is 0. The monoisotopic (exact) mass is 178 g/mol. The topological polar surface area (TPSA) is 28.7 Å². The Morgan fingerprint density at radius 3 is 2.75 bits per heavy atom. The van der Waals surface area contributed by atoms with Crippen molar-refractivity contribution in [2.75, 3.05) is 0 Å². The molecule has 0 atom stereocenters. The molecule has 2 aromatic rings. The molecule has 12 heavy (non-hydrogen) atoms. The average Bonchev–Trinajstić information content (AvgIpc) is 2.61. The summed E-state index contributed by atoms with van der Waals surface area (Å²) in [6, 6.07) is 4.11. The summed E-state index contributed by atoms with van der Waals surface area (Å²) in [6.45, 7) is 4.06. The molecule has 0 aliphatic heterocycles. The van der Waals surface area contributed by atoms with Crippen molar-refractivity contribution in [2.24, 2.45) is 0 Å². The molecular formula is C9H10N2S. The summed E-state index contributed by atoms with van der Waals surface area (Å²) in [6.07, 6.45) is 0. The van der Waals surface area contributed by atoms with Gasteiger partial charge in [-0.3, -0.25) is 0 Å². The van der Waals surface area contributed by atoms with Crippen LogP contribution in [0.2, 0.25) is 0 Å². The zero-order chi connectivity index (χ0) is 8.55. The summed E-state index contributed by atoms with van der Waals surface area (Å²) in [7, 11) is 0. The first kappa shape index (κ1) is 7.55. The molecule has 3 heteroatoms. The molecule has 0 aromatic carbocycles. The number of imidazole rings is 1. The molecule has 0 unspecified atom stereocenters. The van der Waals surface area contributed by atoms with Gasteiger partial charge < -0.3 is 4.98 Å². The van der Waals surface area contributed by atoms with Crippen LogP contribution in [0.4, 0.5) is 0 Å². The molecule has 0 radical (unpaired) electrons. The highest BCUT2D eigenvalue weighted by Gasteiger charge is 2.04. The van der Waals surface area contributed by atoms with E-state index < -0.39 is 0 Å². The number of thiophene rings is 1. The molecule has 62 valence electrons. The summed E-state index contributed by atoms with van der Waals surface area (Å²) in [5.74, 6) is 0.986. The number of hydrogen-bond donors (Lipinski definition) is 1. The molecule has 2 nitrogen and oxygen atoms in total. The van der Waals surface area contributed by atoms with Crippen LogP contribution in [0.1, 0.15) is 11.4 Å². The molecule has 0 amide bonds. The Bertz CT molecular complexity index is 354. The van der Waals surface area contributed by atoms with Crippen molar-refractivity contribution >= 4 is 11.3 Å². The Balaban J connectivity index is 2.48. The predicted octanol–water partition coefficient (Wildman–Crippen LogP) is 2.76. The Labute approximate surface area is 75.3 Å². The summed E-state index contributed by atoms with van der Waals surface area (Å²) >= 11 is 1.70. The zero-order valence-corrected chi connectivity index (χ0v) is 7.90. The van der Waals surface area contributed by atoms with E-state index in [0.717, 1.165) is 17.2 Å². The second-order valence-electron chi connectivity index (χ2n) is 2.77. The first-order chi connectivity index (χ1) is 5.77. The molecular weight excluding hydrogens is 168 g/mol. The van der Waals surface area contributed by atoms with Gasteiger partial charge in [-0.05, 0) is 25.3 Å². The molecule has 0 spiro atoms. The number of hydrogen-bond acceptors (Lipinski definition) is 2. The maximum absolute atomic E-state index is 4.41. The number of nitrogens with one attached hydrogen (secondary N) is 1. The summed E-state index contributed by atoms with van der Waals surface area (Å²) in [4.78, 5) is 8.85. The van der Waals surface area contributed by atoms with Crippen molar-refractivity contribution < 1.29 is 0 Å². The van der Waals surface area contributed by atoms with E-state index in [1.54, 1.807) is 11.3 Å². The van der Waals surface area contributed by atoms with E-state index >= 15 is 0 Å². The summed E-state index contributed by atoms with van der Waals surface area (Å²) in [5, 5.41) is 2.06. The average molecular weight is 178 g/mol. The van der Waals surface area contributed by atoms with E-state index in [2.05, 4.69) is 21.4 Å². The largest absolute Gasteiger partial charge is 0.341 e. The number of nitrogens with zero attached hydrogens (tertiary/aromatic N) is 1. The van der Waals surface area contributed by atoms with E-state index in [1.807, 2.05) is 19.9 Å². The van der Waals surface area contributed by atoms with Gasteiger partial charge in [-0.15, -0.1) is 11.3 Å². The Morgan fingerprint density at radius 1 is 1.42 bits per heavy atom. The quantitative estimate of drug-likeness (QED) is 0.714. The van der Waals surface area contributed by atoms with Crippen LogP contribution in [0.5, 0.6) is 0 Å². The lowest BCUT2D eigenvalue weighted by atomic mass is 10.4. The first-order valence-corrected chi connectivity index (χ1v) is 4.72. The van der Waals surface area contributed by atoms with E-state index in [4.69, 9.17) is 0 Å². The molecule has 0 aliphatic rings. The molecule has 2 heterocycles. The highest BCUT2D eigenvalue weighted by Crippen LogP contribution is 2.22. The highest BCUT2D eigenvalue weighted by molar-refractivity contribution is 7.13. The van der Waals surface area contributed by atoms with Crippen LogP contribution in [0.3, 0.4) is 0 Å². The number of aryl methyl sites for hydroxylation is 2. The van der Waals surface area contributed by atoms with E-state index in [9.17, 15) is 0 Å². The number of aromatic amines is 1. The van der Waals surface area contributed by atoms with Gasteiger partial charge in [0.2, 0.25) is 0 Å². The molecule has 0 fully saturated rings. The Hall–Kier alpha value is -1.09. The van der Waals surface area contributed by atoms with Gasteiger partial charge in [0.05, 0.1) is 10.6 Å². The Morgan fingerprint density at radius 2 is 2.25 bits per heavy atom. The van der Waals surface area contributed by atoms with Gasteiger partial charge in [0.1, 0.15) is 5.82 Å². The molecule has 2 aromatic heterocycles. The van der Waals surface area contributed by atoms with Gasteiger partial charge in [0.15, 0.2) is 0 Å². The van der Waals surface area contributed by atoms with Crippen LogP contribution >= 0.6 is 11.3 Å². The number of H-pyrrole nitrogens is 1. The van der Waals surface area contributed by atoms with Gasteiger partial charge >= 0.3 is 0 Å². The van der Waals surface area contributed by atoms with Crippen LogP contribution in [-0.2, 0) is 0 Å². The zero-order valence-electron chi connectivity index (χ0n) is 7.09. The van der Waals surface area contributed by atoms with Crippen LogP contribution in [0.15, 0.2) is 17.5 Å². The minimum absolute atomic E-state index is 0.986. The van der Waals surface area contributed by atoms with Crippen molar-refractivity contribution in [3.63, 3.8) is 0 Å². The van der Waals surface area contributed by atoms with Crippen LogP contribution in [0, 0.1) is 13.8 Å². The third-order valence-electron chi connectivity index (χ3n) is 1.88. The van der Waals surface area contributed by atoms with Crippen molar-refractivity contribution in [1.29, 1.82) is 0 Å². The normalized spacial score (nSPS) is 10.5. The van der Waals surface area contributed by atoms with Gasteiger partial charge in [0, 0.05) is 5.69 Å². The van der Waals surface area contributed by atoms with Crippen molar-refractivity contribution in [1.82, 2.24) is 9.97 Å². The van der Waals surface area contributed by atoms with Crippen LogP contribution in [-0.4, -0.2) is 9.97 Å². The lowest BCUT2D eigenvalue weighted by molar-refractivity contribution is 1.22. The van der Waals surface area contributed by atoms with Crippen molar-refractivity contribution in [3.05, 3.63) is 28.9 Å². The number of rotatable bonds is 1. The minimum Gasteiger partial charge on any atom is -0.341 e. The first-order valence-electron chi connectivity index (χ1n) is 3.84. The fourth-order valence-electron chi connectivity index (χ4n) is 1.08. The molecule has 2 rings (SSSR count). The van der Waals surface area contributed by atoms with Gasteiger partial charge in [-0.2, -0.15) is 0 Å². The smallest absolute Gasteiger partial charge is 0.147 e. The molecule has 0 aliphatic carbocycles. The fourth-order valence-corrected chi connectivity index (χ4v) is 1.75. The van der Waals surface area contributed by atoms with Crippen LogP contribution in [0.25, 0.3) is 10.7 Å². The van der Waals surface area contributed by atoms with E-state index in [-0.39, 0.29) is 0 Å². The van der Waals surface area contributed by atoms with Gasteiger partial charge in [-0.1, -0.05) is 6.07 Å². The second kappa shape index (κ2) is 2.75. The maximum atomic E-state index is 4.41. The van der Waals surface area contributed by atoms with Crippen molar-refractivity contribution in [2.45, 2.75) is 13.8 Å². The third-order valence-corrected chi connectivity index (χ3v) is 2.76. The van der Waals surface area contributed by atoms with E-state index in [1.165, 1.54) is 4.88 Å². The van der Waals surface area contributed by atoms with Crippen LogP contribution < -0.4 is 0 Å². The second-order valence-corrected chi connectivity index (χ2v) is 3.72. The SMILES string of the molecule is Cc1nc(-c2cccs2)[nH]c1C. The standard InChI is InChI=1S/C9H10N2S/c1-6-7(2)11-9(10-6)8-4-3-5-12-8/h3-5H,1-2H3,(H,10,11). The molecule has 1 N–H and O–H groups in total. The fraction of sp³-hybridized carbons (Fsp3) is 0.222.